The van der Waals surface area contributed by atoms with Crippen molar-refractivity contribution in [3.8, 4) is 0 Å². The van der Waals surface area contributed by atoms with Crippen molar-refractivity contribution in [1.29, 1.82) is 0 Å². The first kappa shape index (κ1) is 16.0. The van der Waals surface area contributed by atoms with Crippen molar-refractivity contribution in [2.75, 3.05) is 23.7 Å². The van der Waals surface area contributed by atoms with Gasteiger partial charge in [0.25, 0.3) is 0 Å². The molecule has 0 aliphatic rings. The Morgan fingerprint density at radius 1 is 1.32 bits per heavy atom. The normalized spacial score (nSPS) is 11.7. The number of hydrogen-bond acceptors (Lipinski definition) is 4. The van der Waals surface area contributed by atoms with Crippen LogP contribution in [0.5, 0.6) is 0 Å². The second-order valence-electron chi connectivity index (χ2n) is 5.81. The maximum Gasteiger partial charge on any atom is 0.224 e. The Bertz CT molecular complexity index is 404. The molecule has 0 unspecified atom stereocenters. The maximum atomic E-state index is 6.12. The van der Waals surface area contributed by atoms with Gasteiger partial charge in [-0.05, 0) is 17.8 Å². The van der Waals surface area contributed by atoms with Gasteiger partial charge in [-0.3, -0.25) is 0 Å². The summed E-state index contributed by atoms with van der Waals surface area (Å²) in [6, 6.07) is 0. The van der Waals surface area contributed by atoms with Crippen LogP contribution in [0, 0.1) is 11.3 Å². The summed E-state index contributed by atoms with van der Waals surface area (Å²) in [6.45, 7) is 12.7. The molecular weight excluding hydrogens is 260 g/mol. The van der Waals surface area contributed by atoms with E-state index in [0.717, 1.165) is 19.5 Å². The Kier molecular flexibility index (Phi) is 5.85. The summed E-state index contributed by atoms with van der Waals surface area (Å²) in [4.78, 5) is 8.57. The molecule has 4 nitrogen and oxygen atoms in total. The fourth-order valence-corrected chi connectivity index (χ4v) is 1.49. The van der Waals surface area contributed by atoms with Crippen LogP contribution < -0.4 is 10.6 Å². The number of rotatable bonds is 7. The van der Waals surface area contributed by atoms with Crippen molar-refractivity contribution in [3.05, 3.63) is 11.2 Å². The zero-order valence-corrected chi connectivity index (χ0v) is 13.3. The highest BCUT2D eigenvalue weighted by Gasteiger charge is 2.22. The second-order valence-corrected chi connectivity index (χ2v) is 6.22. The third-order valence-electron chi connectivity index (χ3n) is 3.55. The van der Waals surface area contributed by atoms with E-state index >= 15 is 0 Å². The molecule has 1 rings (SSSR count). The van der Waals surface area contributed by atoms with Gasteiger partial charge >= 0.3 is 0 Å². The van der Waals surface area contributed by atoms with E-state index in [1.165, 1.54) is 0 Å². The summed E-state index contributed by atoms with van der Waals surface area (Å²) in [5.74, 6) is 1.90. The Morgan fingerprint density at radius 2 is 2.00 bits per heavy atom. The van der Waals surface area contributed by atoms with Crippen molar-refractivity contribution < 1.29 is 0 Å². The average Bonchev–Trinajstić information content (AvgIpc) is 2.36. The molecule has 1 aromatic heterocycles. The van der Waals surface area contributed by atoms with Gasteiger partial charge in [-0.15, -0.1) is 0 Å². The SMILES string of the molecule is CCCNc1ncc(Cl)c(NCC(C)(C)C(C)C)n1. The minimum absolute atomic E-state index is 0.186. The molecule has 0 aliphatic heterocycles. The van der Waals surface area contributed by atoms with Crippen LogP contribution in [0.3, 0.4) is 0 Å². The molecule has 2 N–H and O–H groups in total. The maximum absolute atomic E-state index is 6.12. The molecule has 5 heteroatoms. The van der Waals surface area contributed by atoms with Crippen LogP contribution in [0.15, 0.2) is 6.20 Å². The molecule has 0 aromatic carbocycles. The lowest BCUT2D eigenvalue weighted by Gasteiger charge is -2.29. The van der Waals surface area contributed by atoms with Gasteiger partial charge in [0.1, 0.15) is 5.02 Å². The lowest BCUT2D eigenvalue weighted by atomic mass is 9.81. The number of nitrogens with zero attached hydrogens (tertiary/aromatic N) is 2. The summed E-state index contributed by atoms with van der Waals surface area (Å²) < 4.78 is 0. The molecule has 108 valence electrons. The summed E-state index contributed by atoms with van der Waals surface area (Å²) in [7, 11) is 0. The Labute approximate surface area is 121 Å². The van der Waals surface area contributed by atoms with E-state index in [1.807, 2.05) is 0 Å². The molecule has 0 atom stereocenters. The highest BCUT2D eigenvalue weighted by Crippen LogP contribution is 2.27. The average molecular weight is 285 g/mol. The first-order valence-electron chi connectivity index (χ1n) is 6.87. The number of hydrogen-bond donors (Lipinski definition) is 2. The van der Waals surface area contributed by atoms with Gasteiger partial charge in [0.05, 0.1) is 6.20 Å². The standard InChI is InChI=1S/C14H25ClN4/c1-6-7-16-13-17-8-11(15)12(19-13)18-9-14(4,5)10(2)3/h8,10H,6-7,9H2,1-5H3,(H2,16,17,18,19). The third kappa shape index (κ3) is 4.86. The third-order valence-corrected chi connectivity index (χ3v) is 3.83. The highest BCUT2D eigenvalue weighted by atomic mass is 35.5. The number of halogens is 1. The summed E-state index contributed by atoms with van der Waals surface area (Å²) in [6.07, 6.45) is 2.67. The molecule has 0 saturated heterocycles. The number of nitrogens with one attached hydrogen (secondary N) is 2. The molecule has 0 amide bonds. The van der Waals surface area contributed by atoms with Gasteiger partial charge in [0.15, 0.2) is 5.82 Å². The van der Waals surface area contributed by atoms with Crippen LogP contribution in [-0.2, 0) is 0 Å². The molecule has 0 aliphatic carbocycles. The minimum Gasteiger partial charge on any atom is -0.368 e. The Hall–Kier alpha value is -1.03. The molecular formula is C14H25ClN4. The zero-order chi connectivity index (χ0) is 14.5. The van der Waals surface area contributed by atoms with Crippen molar-refractivity contribution >= 4 is 23.4 Å². The summed E-state index contributed by atoms with van der Waals surface area (Å²) in [5, 5.41) is 7.05. The fourth-order valence-electron chi connectivity index (χ4n) is 1.33. The summed E-state index contributed by atoms with van der Waals surface area (Å²) >= 11 is 6.12. The first-order chi connectivity index (χ1) is 8.86. The van der Waals surface area contributed by atoms with E-state index in [1.54, 1.807) is 6.20 Å². The quantitative estimate of drug-likeness (QED) is 0.793. The smallest absolute Gasteiger partial charge is 0.224 e. The lowest BCUT2D eigenvalue weighted by molar-refractivity contribution is 0.269. The van der Waals surface area contributed by atoms with E-state index in [0.29, 0.717) is 22.7 Å². The van der Waals surface area contributed by atoms with Gasteiger partial charge in [-0.1, -0.05) is 46.2 Å². The van der Waals surface area contributed by atoms with Gasteiger partial charge in [0, 0.05) is 13.1 Å². The van der Waals surface area contributed by atoms with Gasteiger partial charge in [0.2, 0.25) is 5.95 Å². The van der Waals surface area contributed by atoms with E-state index in [2.05, 4.69) is 55.2 Å². The van der Waals surface area contributed by atoms with Crippen LogP contribution >= 0.6 is 11.6 Å². The van der Waals surface area contributed by atoms with Crippen molar-refractivity contribution in [3.63, 3.8) is 0 Å². The summed E-state index contributed by atoms with van der Waals surface area (Å²) in [5.41, 5.74) is 0.186. The topological polar surface area (TPSA) is 49.8 Å². The molecule has 1 heterocycles. The van der Waals surface area contributed by atoms with Crippen molar-refractivity contribution in [2.45, 2.75) is 41.0 Å². The Balaban J connectivity index is 2.71. The molecule has 0 bridgehead atoms. The molecule has 19 heavy (non-hydrogen) atoms. The molecule has 0 saturated carbocycles. The van der Waals surface area contributed by atoms with E-state index in [9.17, 15) is 0 Å². The Morgan fingerprint density at radius 3 is 2.58 bits per heavy atom. The van der Waals surface area contributed by atoms with Gasteiger partial charge < -0.3 is 10.6 Å². The molecule has 0 spiro atoms. The molecule has 0 fully saturated rings. The predicted molar refractivity (Wildman–Crippen MR) is 82.9 cm³/mol. The lowest BCUT2D eigenvalue weighted by Crippen LogP contribution is -2.29. The van der Waals surface area contributed by atoms with Crippen LogP contribution in [0.2, 0.25) is 5.02 Å². The predicted octanol–water partition coefficient (Wildman–Crippen LogP) is 4.05. The van der Waals surface area contributed by atoms with E-state index in [-0.39, 0.29) is 5.41 Å². The minimum atomic E-state index is 0.186. The fraction of sp³-hybridized carbons (Fsp3) is 0.714. The van der Waals surface area contributed by atoms with Crippen LogP contribution in [0.4, 0.5) is 11.8 Å². The highest BCUT2D eigenvalue weighted by molar-refractivity contribution is 6.32. The van der Waals surface area contributed by atoms with Crippen molar-refractivity contribution in [1.82, 2.24) is 9.97 Å². The monoisotopic (exact) mass is 284 g/mol. The van der Waals surface area contributed by atoms with E-state index < -0.39 is 0 Å². The molecule has 1 aromatic rings. The largest absolute Gasteiger partial charge is 0.368 e. The first-order valence-corrected chi connectivity index (χ1v) is 7.25. The number of aromatic nitrogens is 2. The molecule has 0 radical (unpaired) electrons. The van der Waals surface area contributed by atoms with Gasteiger partial charge in [-0.2, -0.15) is 4.98 Å². The van der Waals surface area contributed by atoms with Crippen LogP contribution in [0.25, 0.3) is 0 Å². The van der Waals surface area contributed by atoms with E-state index in [4.69, 9.17) is 11.6 Å². The van der Waals surface area contributed by atoms with Crippen LogP contribution in [-0.4, -0.2) is 23.1 Å². The van der Waals surface area contributed by atoms with Crippen LogP contribution in [0.1, 0.15) is 41.0 Å². The van der Waals surface area contributed by atoms with Gasteiger partial charge in [-0.25, -0.2) is 4.98 Å². The van der Waals surface area contributed by atoms with Crippen molar-refractivity contribution in [2.24, 2.45) is 11.3 Å². The number of anilines is 2. The second kappa shape index (κ2) is 6.94. The zero-order valence-electron chi connectivity index (χ0n) is 12.5.